The number of hydrogen-bond donors (Lipinski definition) is 1. The fraction of sp³-hybridized carbons (Fsp3) is 0.308. The normalized spacial score (nSPS) is 10.6. The van der Waals surface area contributed by atoms with Crippen LogP contribution in [-0.4, -0.2) is 21.4 Å². The maximum atomic E-state index is 11.9. The number of thioether (sulfide) groups is 1. The van der Waals surface area contributed by atoms with E-state index < -0.39 is 0 Å². The molecule has 0 bridgehead atoms. The van der Waals surface area contributed by atoms with Crippen molar-refractivity contribution >= 4 is 23.4 Å². The first-order valence-corrected chi connectivity index (χ1v) is 7.08. The molecule has 2 aromatic heterocycles. The first-order valence-electron chi connectivity index (χ1n) is 6.10. The van der Waals surface area contributed by atoms with Gasteiger partial charge in [0.1, 0.15) is 0 Å². The summed E-state index contributed by atoms with van der Waals surface area (Å²) < 4.78 is 2.47. The summed E-state index contributed by atoms with van der Waals surface area (Å²) in [5.74, 6) is 0.0260. The first kappa shape index (κ1) is 14.4. The maximum Gasteiger partial charge on any atom is 0.251 e. The second-order valence-corrected chi connectivity index (χ2v) is 5.37. The third-order valence-electron chi connectivity index (χ3n) is 2.91. The maximum absolute atomic E-state index is 11.9. The van der Waals surface area contributed by atoms with E-state index in [4.69, 9.17) is 0 Å². The van der Waals surface area contributed by atoms with Crippen molar-refractivity contribution in [2.75, 3.05) is 11.1 Å². The molecule has 0 aromatic carbocycles. The Labute approximate surface area is 121 Å². The number of carbonyl (C=O) groups excluding carboxylic acids is 1. The molecule has 0 atom stereocenters. The molecule has 0 radical (unpaired) electrons. The Morgan fingerprint density at radius 2 is 2.25 bits per heavy atom. The zero-order valence-electron chi connectivity index (χ0n) is 11.6. The number of hydrogen-bond acceptors (Lipinski definition) is 4. The van der Waals surface area contributed by atoms with Crippen molar-refractivity contribution in [3.63, 3.8) is 0 Å². The Kier molecular flexibility index (Phi) is 4.29. The lowest BCUT2D eigenvalue weighted by Crippen LogP contribution is -2.28. The fourth-order valence-electron chi connectivity index (χ4n) is 1.79. The van der Waals surface area contributed by atoms with E-state index in [1.807, 2.05) is 20.9 Å². The monoisotopic (exact) mass is 292 g/mol. The van der Waals surface area contributed by atoms with Crippen LogP contribution >= 0.6 is 11.8 Å². The van der Waals surface area contributed by atoms with Crippen molar-refractivity contribution in [3.8, 4) is 0 Å². The van der Waals surface area contributed by atoms with Crippen LogP contribution in [0.4, 0.5) is 5.69 Å². The van der Waals surface area contributed by atoms with Gasteiger partial charge in [0.05, 0.1) is 22.8 Å². The first-order chi connectivity index (χ1) is 9.49. The van der Waals surface area contributed by atoms with Crippen molar-refractivity contribution in [2.24, 2.45) is 7.05 Å². The molecule has 0 spiro atoms. The summed E-state index contributed by atoms with van der Waals surface area (Å²) in [6.45, 7) is 3.74. The van der Waals surface area contributed by atoms with Gasteiger partial charge in [-0.2, -0.15) is 9.83 Å². The molecular weight excluding hydrogens is 276 g/mol. The van der Waals surface area contributed by atoms with Crippen LogP contribution in [0.25, 0.3) is 0 Å². The molecule has 7 heteroatoms. The Balaban J connectivity index is 1.98. The molecule has 2 aromatic rings. The highest BCUT2D eigenvalue weighted by Crippen LogP contribution is 2.19. The van der Waals surface area contributed by atoms with Crippen LogP contribution in [0.15, 0.2) is 29.4 Å². The molecule has 0 fully saturated rings. The lowest BCUT2D eigenvalue weighted by Gasteiger charge is -2.06. The smallest absolute Gasteiger partial charge is 0.251 e. The summed E-state index contributed by atoms with van der Waals surface area (Å²) in [5, 5.41) is 19.0. The second-order valence-electron chi connectivity index (χ2n) is 4.37. The molecule has 1 amide bonds. The van der Waals surface area contributed by atoms with Gasteiger partial charge in [0.15, 0.2) is 6.20 Å². The van der Waals surface area contributed by atoms with Crippen LogP contribution in [0.3, 0.4) is 0 Å². The van der Waals surface area contributed by atoms with Gasteiger partial charge in [-0.25, -0.2) is 0 Å². The van der Waals surface area contributed by atoms with Gasteiger partial charge in [0.25, 0.3) is 5.03 Å². The topological polar surface area (TPSA) is 73.9 Å². The van der Waals surface area contributed by atoms with Gasteiger partial charge in [0, 0.05) is 19.2 Å². The van der Waals surface area contributed by atoms with Crippen molar-refractivity contribution < 1.29 is 9.52 Å². The number of rotatable bonds is 4. The number of carbonyl (C=O) groups is 1. The molecule has 2 heterocycles. The van der Waals surface area contributed by atoms with E-state index in [0.29, 0.717) is 5.03 Å². The second kappa shape index (κ2) is 5.96. The molecule has 6 nitrogen and oxygen atoms in total. The van der Waals surface area contributed by atoms with E-state index in [2.05, 4.69) is 10.4 Å². The van der Waals surface area contributed by atoms with E-state index in [1.165, 1.54) is 18.0 Å². The van der Waals surface area contributed by atoms with E-state index in [1.54, 1.807) is 22.9 Å². The van der Waals surface area contributed by atoms with Crippen LogP contribution < -0.4 is 10.0 Å². The van der Waals surface area contributed by atoms with Gasteiger partial charge in [-0.3, -0.25) is 9.48 Å². The molecular formula is C13H16N4O2S. The minimum atomic E-state index is -0.155. The zero-order chi connectivity index (χ0) is 14.7. The highest BCUT2D eigenvalue weighted by molar-refractivity contribution is 7.99. The molecule has 0 saturated carbocycles. The molecule has 106 valence electrons. The Morgan fingerprint density at radius 3 is 2.85 bits per heavy atom. The predicted molar refractivity (Wildman–Crippen MR) is 77.4 cm³/mol. The number of aromatic nitrogens is 3. The number of pyridine rings is 1. The Bertz CT molecular complexity index is 639. The Morgan fingerprint density at radius 1 is 1.50 bits per heavy atom. The number of nitrogens with one attached hydrogen (secondary N) is 1. The summed E-state index contributed by atoms with van der Waals surface area (Å²) in [4.78, 5) is 11.9. The molecule has 0 unspecified atom stereocenters. The van der Waals surface area contributed by atoms with Crippen LogP contribution in [0.1, 0.15) is 11.4 Å². The molecule has 1 N–H and O–H groups in total. The van der Waals surface area contributed by atoms with Crippen molar-refractivity contribution in [1.29, 1.82) is 0 Å². The highest BCUT2D eigenvalue weighted by atomic mass is 32.2. The van der Waals surface area contributed by atoms with Crippen LogP contribution in [0.2, 0.25) is 0 Å². The fourth-order valence-corrected chi connectivity index (χ4v) is 2.51. The standard InChI is InChI=1S/C13H16N4O2S/c1-9-13(10(2)16(3)15-9)14-11(18)8-20-12-6-4-5-7-17(12)19/h4-7H,8H2,1-3H3,(H,14,18). The number of anilines is 1. The summed E-state index contributed by atoms with van der Waals surface area (Å²) in [6, 6.07) is 5.11. The largest absolute Gasteiger partial charge is 0.618 e. The summed E-state index contributed by atoms with van der Waals surface area (Å²) in [6.07, 6.45) is 1.41. The average molecular weight is 292 g/mol. The molecule has 0 aliphatic rings. The number of nitrogens with zero attached hydrogens (tertiary/aromatic N) is 3. The lowest BCUT2D eigenvalue weighted by molar-refractivity contribution is -0.645. The average Bonchev–Trinajstić information content (AvgIpc) is 2.64. The van der Waals surface area contributed by atoms with E-state index in [9.17, 15) is 10.0 Å². The van der Waals surface area contributed by atoms with Gasteiger partial charge < -0.3 is 10.5 Å². The van der Waals surface area contributed by atoms with E-state index in [-0.39, 0.29) is 11.7 Å². The predicted octanol–water partition coefficient (Wildman–Crippen LogP) is 1.40. The minimum Gasteiger partial charge on any atom is -0.618 e. The van der Waals surface area contributed by atoms with Gasteiger partial charge in [-0.15, -0.1) is 0 Å². The molecule has 0 aliphatic carbocycles. The molecule has 20 heavy (non-hydrogen) atoms. The highest BCUT2D eigenvalue weighted by Gasteiger charge is 2.14. The Hall–Kier alpha value is -2.02. The third-order valence-corrected chi connectivity index (χ3v) is 3.93. The van der Waals surface area contributed by atoms with Crippen molar-refractivity contribution in [1.82, 2.24) is 9.78 Å². The summed E-state index contributed by atoms with van der Waals surface area (Å²) in [5.41, 5.74) is 2.42. The van der Waals surface area contributed by atoms with Gasteiger partial charge in [-0.1, -0.05) is 0 Å². The lowest BCUT2D eigenvalue weighted by atomic mass is 10.3. The number of amides is 1. The van der Waals surface area contributed by atoms with Gasteiger partial charge in [-0.05, 0) is 31.7 Å². The molecule has 0 aliphatic heterocycles. The quantitative estimate of drug-likeness (QED) is 0.525. The summed E-state index contributed by atoms with van der Waals surface area (Å²) >= 11 is 1.20. The van der Waals surface area contributed by atoms with Crippen LogP contribution in [-0.2, 0) is 11.8 Å². The third kappa shape index (κ3) is 3.11. The van der Waals surface area contributed by atoms with Crippen LogP contribution in [0.5, 0.6) is 0 Å². The molecule has 2 rings (SSSR count). The van der Waals surface area contributed by atoms with Crippen molar-refractivity contribution in [2.45, 2.75) is 18.9 Å². The van der Waals surface area contributed by atoms with Crippen molar-refractivity contribution in [3.05, 3.63) is 41.0 Å². The van der Waals surface area contributed by atoms with E-state index >= 15 is 0 Å². The summed E-state index contributed by atoms with van der Waals surface area (Å²) in [7, 11) is 1.83. The van der Waals surface area contributed by atoms with Gasteiger partial charge in [0.2, 0.25) is 5.91 Å². The van der Waals surface area contributed by atoms with E-state index in [0.717, 1.165) is 21.8 Å². The van der Waals surface area contributed by atoms with Crippen LogP contribution in [0, 0.1) is 19.1 Å². The minimum absolute atomic E-state index is 0.155. The SMILES string of the molecule is Cc1nn(C)c(C)c1NC(=O)CSc1cccc[n+]1[O-]. The zero-order valence-corrected chi connectivity index (χ0v) is 12.4. The molecule has 0 saturated heterocycles. The van der Waals surface area contributed by atoms with Gasteiger partial charge >= 0.3 is 0 Å². The number of aryl methyl sites for hydroxylation is 2.